The molecule has 328 valence electrons. The first-order chi connectivity index (χ1) is 26.9. The molecule has 55 heavy (non-hydrogen) atoms. The minimum atomic E-state index is -0.610. The molecule has 0 radical (unpaired) electrons. The van der Waals surface area contributed by atoms with Gasteiger partial charge in [0.2, 0.25) is 0 Å². The van der Waals surface area contributed by atoms with E-state index in [1.807, 2.05) is 14.1 Å². The van der Waals surface area contributed by atoms with Gasteiger partial charge >= 0.3 is 12.1 Å². The molecule has 0 aromatic heterocycles. The number of nitrogens with zero attached hydrogens (tertiary/aromatic N) is 1. The fourth-order valence-corrected chi connectivity index (χ4v) is 7.28. The largest absolute Gasteiger partial charge is 0.508 e. The fraction of sp³-hybridized carbons (Fsp3) is 0.957. The zero-order valence-corrected chi connectivity index (χ0v) is 37.5. The van der Waals surface area contributed by atoms with E-state index in [1.165, 1.54) is 141 Å². The van der Waals surface area contributed by atoms with Crippen molar-refractivity contribution < 1.29 is 33.3 Å². The Morgan fingerprint density at radius 3 is 1.47 bits per heavy atom. The van der Waals surface area contributed by atoms with Crippen molar-refractivity contribution in [3.63, 3.8) is 0 Å². The predicted octanol–water partition coefficient (Wildman–Crippen LogP) is 13.8. The lowest BCUT2D eigenvalue weighted by molar-refractivity contribution is -0.145. The average Bonchev–Trinajstić information content (AvgIpc) is 3.16. The van der Waals surface area contributed by atoms with Gasteiger partial charge in [0.25, 0.3) is 0 Å². The Balaban J connectivity index is 4.58. The van der Waals surface area contributed by atoms with Gasteiger partial charge in [0.1, 0.15) is 6.10 Å². The van der Waals surface area contributed by atoms with E-state index in [0.29, 0.717) is 25.4 Å². The molecule has 8 nitrogen and oxygen atoms in total. The number of hydrogen-bond donors (Lipinski definition) is 0. The molecular weight excluding hydrogens is 691 g/mol. The fourth-order valence-electron chi connectivity index (χ4n) is 7.28. The van der Waals surface area contributed by atoms with Crippen molar-refractivity contribution in [1.82, 2.24) is 4.90 Å². The standard InChI is InChI=1S/C47H93NO7/c1-7-10-13-16-23-27-33-43(34-28-24-17-14-11-8-2)42-45(49)52-41-37-44(55-47(50)54-40-32-38-48(4)5)35-29-25-20-18-19-21-26-31-39-53-46(51-6)36-30-22-15-12-9-3/h43-44,46H,7-42H2,1-6H3. The Morgan fingerprint density at radius 1 is 0.491 bits per heavy atom. The summed E-state index contributed by atoms with van der Waals surface area (Å²) in [5.74, 6) is 0.301. The number of unbranched alkanes of at least 4 members (excludes halogenated alkanes) is 21. The number of carbonyl (C=O) groups excluding carboxylic acids is 2. The van der Waals surface area contributed by atoms with Crippen LogP contribution >= 0.6 is 0 Å². The van der Waals surface area contributed by atoms with E-state index in [-0.39, 0.29) is 25.0 Å². The maximum Gasteiger partial charge on any atom is 0.508 e. The van der Waals surface area contributed by atoms with Crippen LogP contribution in [0.25, 0.3) is 0 Å². The molecule has 0 heterocycles. The summed E-state index contributed by atoms with van der Waals surface area (Å²) in [6.07, 6.45) is 35.7. The van der Waals surface area contributed by atoms with Gasteiger partial charge in [-0.15, -0.1) is 0 Å². The quantitative estimate of drug-likeness (QED) is 0.0343. The Bertz CT molecular complexity index is 794. The predicted molar refractivity (Wildman–Crippen MR) is 231 cm³/mol. The summed E-state index contributed by atoms with van der Waals surface area (Å²) in [6, 6.07) is 0. The van der Waals surface area contributed by atoms with Crippen molar-refractivity contribution in [2.24, 2.45) is 5.92 Å². The number of esters is 1. The molecule has 0 aromatic carbocycles. The van der Waals surface area contributed by atoms with Crippen molar-refractivity contribution in [3.8, 4) is 0 Å². The van der Waals surface area contributed by atoms with Crippen molar-refractivity contribution in [2.75, 3.05) is 47.6 Å². The van der Waals surface area contributed by atoms with E-state index in [4.69, 9.17) is 23.7 Å². The highest BCUT2D eigenvalue weighted by Gasteiger charge is 2.19. The molecule has 0 saturated carbocycles. The number of rotatable bonds is 43. The van der Waals surface area contributed by atoms with E-state index >= 15 is 0 Å². The highest BCUT2D eigenvalue weighted by Crippen LogP contribution is 2.23. The van der Waals surface area contributed by atoms with Crippen molar-refractivity contribution in [2.45, 2.75) is 239 Å². The Hall–Kier alpha value is -1.38. The van der Waals surface area contributed by atoms with Gasteiger partial charge in [0.05, 0.1) is 13.2 Å². The second-order valence-electron chi connectivity index (χ2n) is 16.5. The van der Waals surface area contributed by atoms with Gasteiger partial charge in [0, 0.05) is 33.1 Å². The van der Waals surface area contributed by atoms with Crippen LogP contribution in [0.15, 0.2) is 0 Å². The number of hydrogen-bond acceptors (Lipinski definition) is 8. The SMILES string of the molecule is CCCCCCCCC(CCCCCCCC)CC(=O)OCCC(CCCCCCCCCCOC(CCCCCCC)OC)OC(=O)OCCCN(C)C. The van der Waals surface area contributed by atoms with Gasteiger partial charge < -0.3 is 28.6 Å². The van der Waals surface area contributed by atoms with Gasteiger partial charge in [-0.1, -0.05) is 162 Å². The van der Waals surface area contributed by atoms with E-state index in [1.54, 1.807) is 7.11 Å². The van der Waals surface area contributed by atoms with E-state index < -0.39 is 6.16 Å². The molecule has 0 aromatic rings. The van der Waals surface area contributed by atoms with Crippen LogP contribution in [-0.2, 0) is 28.5 Å². The molecule has 0 rings (SSSR count). The number of carbonyl (C=O) groups is 2. The summed E-state index contributed by atoms with van der Waals surface area (Å²) < 4.78 is 28.4. The lowest BCUT2D eigenvalue weighted by Crippen LogP contribution is -2.23. The van der Waals surface area contributed by atoms with Gasteiger partial charge in [-0.05, 0) is 71.4 Å². The second-order valence-corrected chi connectivity index (χ2v) is 16.5. The van der Waals surface area contributed by atoms with Crippen LogP contribution in [0.4, 0.5) is 4.79 Å². The number of methoxy groups -OCH3 is 1. The molecule has 0 spiro atoms. The molecule has 0 N–H and O–H groups in total. The van der Waals surface area contributed by atoms with Gasteiger partial charge in [-0.3, -0.25) is 4.79 Å². The van der Waals surface area contributed by atoms with E-state index in [2.05, 4.69) is 25.7 Å². The maximum atomic E-state index is 13.0. The van der Waals surface area contributed by atoms with Crippen molar-refractivity contribution in [3.05, 3.63) is 0 Å². The second kappa shape index (κ2) is 42.2. The average molecular weight is 784 g/mol. The van der Waals surface area contributed by atoms with Crippen molar-refractivity contribution >= 4 is 12.1 Å². The smallest absolute Gasteiger partial charge is 0.466 e. The zero-order chi connectivity index (χ0) is 40.5. The van der Waals surface area contributed by atoms with E-state index in [9.17, 15) is 9.59 Å². The topological polar surface area (TPSA) is 83.5 Å². The van der Waals surface area contributed by atoms with Crippen LogP contribution in [0.1, 0.15) is 226 Å². The zero-order valence-electron chi connectivity index (χ0n) is 37.5. The summed E-state index contributed by atoms with van der Waals surface area (Å²) in [7, 11) is 5.77. The third kappa shape index (κ3) is 39.2. The summed E-state index contributed by atoms with van der Waals surface area (Å²) in [6.45, 7) is 9.02. The third-order valence-corrected chi connectivity index (χ3v) is 10.9. The van der Waals surface area contributed by atoms with Crippen LogP contribution < -0.4 is 0 Å². The first-order valence-corrected chi connectivity index (χ1v) is 23.6. The Morgan fingerprint density at radius 2 is 0.964 bits per heavy atom. The molecule has 0 aliphatic carbocycles. The van der Waals surface area contributed by atoms with Crippen LogP contribution in [0.5, 0.6) is 0 Å². The summed E-state index contributed by atoms with van der Waals surface area (Å²) >= 11 is 0. The first-order valence-electron chi connectivity index (χ1n) is 23.6. The molecule has 2 atom stereocenters. The van der Waals surface area contributed by atoms with Gasteiger partial charge in [-0.2, -0.15) is 0 Å². The van der Waals surface area contributed by atoms with Crippen LogP contribution in [0.3, 0.4) is 0 Å². The first kappa shape index (κ1) is 53.6. The maximum absolute atomic E-state index is 13.0. The molecule has 0 aliphatic rings. The summed E-state index contributed by atoms with van der Waals surface area (Å²) in [5.41, 5.74) is 0. The Labute approximate surface area is 341 Å². The van der Waals surface area contributed by atoms with Gasteiger partial charge in [-0.25, -0.2) is 4.79 Å². The van der Waals surface area contributed by atoms with Crippen molar-refractivity contribution in [1.29, 1.82) is 0 Å². The van der Waals surface area contributed by atoms with E-state index in [0.717, 1.165) is 64.5 Å². The highest BCUT2D eigenvalue weighted by molar-refractivity contribution is 5.69. The summed E-state index contributed by atoms with van der Waals surface area (Å²) in [5, 5.41) is 0. The molecule has 0 amide bonds. The molecule has 0 saturated heterocycles. The van der Waals surface area contributed by atoms with Crippen LogP contribution in [0, 0.1) is 5.92 Å². The molecule has 0 bridgehead atoms. The normalized spacial score (nSPS) is 12.7. The number of ether oxygens (including phenoxy) is 5. The lowest BCUT2D eigenvalue weighted by Gasteiger charge is -2.19. The lowest BCUT2D eigenvalue weighted by atomic mass is 9.91. The monoisotopic (exact) mass is 784 g/mol. The molecule has 0 aliphatic heterocycles. The minimum Gasteiger partial charge on any atom is -0.466 e. The van der Waals surface area contributed by atoms with Crippen LogP contribution in [0.2, 0.25) is 0 Å². The van der Waals surface area contributed by atoms with Gasteiger partial charge in [0.15, 0.2) is 6.29 Å². The Kier molecular flexibility index (Phi) is 41.2. The third-order valence-electron chi connectivity index (χ3n) is 10.9. The summed E-state index contributed by atoms with van der Waals surface area (Å²) in [4.78, 5) is 27.6. The molecule has 2 unspecified atom stereocenters. The van der Waals surface area contributed by atoms with Crippen LogP contribution in [-0.4, -0.2) is 77.0 Å². The molecular formula is C47H93NO7. The molecule has 8 heteroatoms. The highest BCUT2D eigenvalue weighted by atomic mass is 16.7. The molecule has 0 fully saturated rings. The minimum absolute atomic E-state index is 0.0572.